The lowest BCUT2D eigenvalue weighted by Gasteiger charge is -2.33. The van der Waals surface area contributed by atoms with E-state index in [0.29, 0.717) is 5.69 Å². The first-order valence-electron chi connectivity index (χ1n) is 6.52. The molecule has 0 aliphatic carbocycles. The van der Waals surface area contributed by atoms with Crippen molar-refractivity contribution in [1.82, 2.24) is 5.32 Å². The second-order valence-corrected chi connectivity index (χ2v) is 6.08. The summed E-state index contributed by atoms with van der Waals surface area (Å²) in [6, 6.07) is 4.71. The zero-order chi connectivity index (χ0) is 14.8. The number of halogens is 1. The Balaban J connectivity index is 2.23. The van der Waals surface area contributed by atoms with Crippen molar-refractivity contribution in [1.29, 1.82) is 0 Å². The maximum atomic E-state index is 12.4. The Morgan fingerprint density at radius 3 is 2.75 bits per heavy atom. The van der Waals surface area contributed by atoms with Crippen molar-refractivity contribution in [3.8, 4) is 0 Å². The molecule has 1 aromatic carbocycles. The summed E-state index contributed by atoms with van der Waals surface area (Å²) in [6.07, 6.45) is 2.79. The highest BCUT2D eigenvalue weighted by atomic mass is 79.9. The molecule has 2 rings (SSSR count). The van der Waals surface area contributed by atoms with E-state index >= 15 is 0 Å². The summed E-state index contributed by atoms with van der Waals surface area (Å²) >= 11 is 3.28. The minimum absolute atomic E-state index is 0.0842. The molecule has 5 nitrogen and oxygen atoms in total. The molecule has 1 unspecified atom stereocenters. The van der Waals surface area contributed by atoms with Crippen LogP contribution < -0.4 is 10.6 Å². The number of nitrogens with one attached hydrogen (secondary N) is 2. The zero-order valence-electron chi connectivity index (χ0n) is 11.2. The first-order valence-corrected chi connectivity index (χ1v) is 7.31. The van der Waals surface area contributed by atoms with Gasteiger partial charge >= 0.3 is 5.97 Å². The molecule has 1 saturated heterocycles. The highest BCUT2D eigenvalue weighted by molar-refractivity contribution is 9.10. The smallest absolute Gasteiger partial charge is 0.337 e. The lowest BCUT2D eigenvalue weighted by Crippen LogP contribution is -2.54. The number of carboxylic acids is 1. The summed E-state index contributed by atoms with van der Waals surface area (Å²) in [5, 5.41) is 15.1. The Hall–Kier alpha value is -1.40. The normalized spacial score (nSPS) is 22.3. The topological polar surface area (TPSA) is 78.4 Å². The Bertz CT molecular complexity index is 539. The zero-order valence-corrected chi connectivity index (χ0v) is 12.8. The Morgan fingerprint density at radius 2 is 2.15 bits per heavy atom. The van der Waals surface area contributed by atoms with Gasteiger partial charge < -0.3 is 15.7 Å². The van der Waals surface area contributed by atoms with Crippen molar-refractivity contribution in [2.75, 3.05) is 11.9 Å². The fraction of sp³-hybridized carbons (Fsp3) is 0.429. The molecule has 1 aromatic rings. The number of hydrogen-bond acceptors (Lipinski definition) is 3. The van der Waals surface area contributed by atoms with Crippen molar-refractivity contribution in [3.05, 3.63) is 28.2 Å². The molecule has 6 heteroatoms. The van der Waals surface area contributed by atoms with Crippen LogP contribution in [0.3, 0.4) is 0 Å². The number of carbonyl (C=O) groups is 2. The van der Waals surface area contributed by atoms with Gasteiger partial charge in [0.1, 0.15) is 0 Å². The van der Waals surface area contributed by atoms with Crippen LogP contribution in [0.25, 0.3) is 0 Å². The van der Waals surface area contributed by atoms with Gasteiger partial charge in [-0.2, -0.15) is 0 Å². The van der Waals surface area contributed by atoms with E-state index in [1.807, 2.05) is 6.92 Å². The summed E-state index contributed by atoms with van der Waals surface area (Å²) in [4.78, 5) is 23.6. The number of rotatable bonds is 3. The van der Waals surface area contributed by atoms with E-state index in [1.54, 1.807) is 12.1 Å². The number of aromatic carboxylic acids is 1. The second-order valence-electron chi connectivity index (χ2n) is 5.17. The SMILES string of the molecule is CC1(C(=O)Nc2cc(Br)ccc2C(=O)O)CCCCN1. The lowest BCUT2D eigenvalue weighted by molar-refractivity contribution is -0.122. The van der Waals surface area contributed by atoms with Crippen LogP contribution in [0.15, 0.2) is 22.7 Å². The number of piperidine rings is 1. The van der Waals surface area contributed by atoms with Crippen LogP contribution in [0.4, 0.5) is 5.69 Å². The van der Waals surface area contributed by atoms with Gasteiger partial charge in [-0.1, -0.05) is 15.9 Å². The largest absolute Gasteiger partial charge is 0.478 e. The maximum absolute atomic E-state index is 12.4. The molecule has 1 aliphatic heterocycles. The Morgan fingerprint density at radius 1 is 1.40 bits per heavy atom. The molecule has 1 fully saturated rings. The van der Waals surface area contributed by atoms with Crippen LogP contribution in [-0.4, -0.2) is 29.1 Å². The van der Waals surface area contributed by atoms with E-state index < -0.39 is 11.5 Å². The number of anilines is 1. The van der Waals surface area contributed by atoms with E-state index in [9.17, 15) is 9.59 Å². The fourth-order valence-corrected chi connectivity index (χ4v) is 2.68. The molecule has 3 N–H and O–H groups in total. The predicted molar refractivity (Wildman–Crippen MR) is 80.0 cm³/mol. The third-order valence-corrected chi connectivity index (χ3v) is 4.07. The third kappa shape index (κ3) is 3.19. The molecule has 1 amide bonds. The number of hydrogen-bond donors (Lipinski definition) is 3. The van der Waals surface area contributed by atoms with Gasteiger partial charge in [-0.05, 0) is 50.9 Å². The van der Waals surface area contributed by atoms with Gasteiger partial charge in [0.05, 0.1) is 16.8 Å². The van der Waals surface area contributed by atoms with Gasteiger partial charge in [0, 0.05) is 4.47 Å². The van der Waals surface area contributed by atoms with Crippen LogP contribution >= 0.6 is 15.9 Å². The first-order chi connectivity index (χ1) is 9.42. The molecular weight excluding hydrogens is 324 g/mol. The van der Waals surface area contributed by atoms with Crippen molar-refractivity contribution >= 4 is 33.5 Å². The molecular formula is C14H17BrN2O3. The second kappa shape index (κ2) is 5.93. The van der Waals surface area contributed by atoms with Gasteiger partial charge in [-0.15, -0.1) is 0 Å². The minimum Gasteiger partial charge on any atom is -0.478 e. The van der Waals surface area contributed by atoms with Gasteiger partial charge in [0.2, 0.25) is 5.91 Å². The fourth-order valence-electron chi connectivity index (χ4n) is 2.32. The molecule has 0 radical (unpaired) electrons. The van der Waals surface area contributed by atoms with E-state index in [-0.39, 0.29) is 11.5 Å². The number of carbonyl (C=O) groups excluding carboxylic acids is 1. The van der Waals surface area contributed by atoms with Crippen LogP contribution in [0.1, 0.15) is 36.5 Å². The lowest BCUT2D eigenvalue weighted by atomic mass is 9.90. The van der Waals surface area contributed by atoms with E-state index in [0.717, 1.165) is 30.3 Å². The van der Waals surface area contributed by atoms with Crippen LogP contribution in [0.5, 0.6) is 0 Å². The van der Waals surface area contributed by atoms with E-state index in [1.165, 1.54) is 6.07 Å². The standard InChI is InChI=1S/C14H17BrN2O3/c1-14(6-2-3-7-16-14)13(20)17-11-8-9(15)4-5-10(11)12(18)19/h4-5,8,16H,2-3,6-7H2,1H3,(H,17,20)(H,18,19). The van der Waals surface area contributed by atoms with Crippen LogP contribution in [0.2, 0.25) is 0 Å². The van der Waals surface area contributed by atoms with Gasteiger partial charge in [-0.25, -0.2) is 4.79 Å². The first kappa shape index (κ1) is 15.0. The van der Waals surface area contributed by atoms with Crippen molar-refractivity contribution in [2.24, 2.45) is 0 Å². The van der Waals surface area contributed by atoms with Gasteiger partial charge in [0.25, 0.3) is 0 Å². The summed E-state index contributed by atoms with van der Waals surface area (Å²) in [5.74, 6) is -1.26. The number of amides is 1. The highest BCUT2D eigenvalue weighted by Gasteiger charge is 2.34. The number of carboxylic acid groups (broad SMARTS) is 1. The predicted octanol–water partition coefficient (Wildman–Crippen LogP) is 2.62. The molecule has 0 saturated carbocycles. The molecule has 1 atom stereocenters. The molecule has 108 valence electrons. The highest BCUT2D eigenvalue weighted by Crippen LogP contribution is 2.25. The summed E-state index contributed by atoms with van der Waals surface area (Å²) in [7, 11) is 0. The van der Waals surface area contributed by atoms with E-state index in [4.69, 9.17) is 5.11 Å². The average Bonchev–Trinajstić information content (AvgIpc) is 2.39. The average molecular weight is 341 g/mol. The van der Waals surface area contributed by atoms with Crippen LogP contribution in [0, 0.1) is 0 Å². The molecule has 0 spiro atoms. The molecule has 1 heterocycles. The quantitative estimate of drug-likeness (QED) is 0.790. The molecule has 20 heavy (non-hydrogen) atoms. The molecule has 0 aromatic heterocycles. The Kier molecular flexibility index (Phi) is 4.45. The van der Waals surface area contributed by atoms with Crippen molar-refractivity contribution in [3.63, 3.8) is 0 Å². The summed E-state index contributed by atoms with van der Waals surface area (Å²) in [5.41, 5.74) is -0.248. The van der Waals surface area contributed by atoms with Crippen molar-refractivity contribution < 1.29 is 14.7 Å². The third-order valence-electron chi connectivity index (χ3n) is 3.58. The maximum Gasteiger partial charge on any atom is 0.337 e. The number of benzene rings is 1. The monoisotopic (exact) mass is 340 g/mol. The summed E-state index contributed by atoms with van der Waals surface area (Å²) < 4.78 is 0.722. The Labute approximate surface area is 125 Å². The summed E-state index contributed by atoms with van der Waals surface area (Å²) in [6.45, 7) is 2.65. The minimum atomic E-state index is -1.06. The molecule has 0 bridgehead atoms. The van der Waals surface area contributed by atoms with Gasteiger partial charge in [-0.3, -0.25) is 4.79 Å². The van der Waals surface area contributed by atoms with Crippen LogP contribution in [-0.2, 0) is 4.79 Å². The molecule has 1 aliphatic rings. The van der Waals surface area contributed by atoms with Gasteiger partial charge in [0.15, 0.2) is 0 Å². The van der Waals surface area contributed by atoms with Crippen molar-refractivity contribution in [2.45, 2.75) is 31.7 Å². The van der Waals surface area contributed by atoms with E-state index in [2.05, 4.69) is 26.6 Å².